The van der Waals surface area contributed by atoms with Crippen LogP contribution in [0.4, 0.5) is 15.8 Å². The van der Waals surface area contributed by atoms with Crippen LogP contribution < -0.4 is 15.5 Å². The van der Waals surface area contributed by atoms with Gasteiger partial charge in [-0.05, 0) is 66.9 Å². The SMILES string of the molecule is CC(=O)Nc1ccc(N(C(=O)c2ccco2)[C@H](C(=O)NC2CCCCC2)c2ccc(F)cc2)cc1. The number of rotatable bonds is 7. The molecule has 0 aliphatic heterocycles. The maximum atomic E-state index is 13.7. The summed E-state index contributed by atoms with van der Waals surface area (Å²) in [5.41, 5.74) is 1.44. The van der Waals surface area contributed by atoms with E-state index in [-0.39, 0.29) is 23.6 Å². The van der Waals surface area contributed by atoms with Crippen LogP contribution in [0.3, 0.4) is 0 Å². The van der Waals surface area contributed by atoms with Gasteiger partial charge in [0.15, 0.2) is 5.76 Å². The van der Waals surface area contributed by atoms with Gasteiger partial charge in [-0.2, -0.15) is 0 Å². The minimum atomic E-state index is -1.07. The van der Waals surface area contributed by atoms with E-state index in [0.717, 1.165) is 32.1 Å². The van der Waals surface area contributed by atoms with Gasteiger partial charge in [0.25, 0.3) is 5.91 Å². The standard InChI is InChI=1S/C27H28FN3O4/c1-18(32)29-22-13-15-23(16-14-22)31(27(34)24-8-5-17-35-24)25(19-9-11-20(28)12-10-19)26(33)30-21-6-3-2-4-7-21/h5,8-17,21,25H,2-4,6-7H2,1H3,(H,29,32)(H,30,33)/t25-/m0/s1. The summed E-state index contributed by atoms with van der Waals surface area (Å²) in [6, 6.07) is 14.2. The second-order valence-corrected chi connectivity index (χ2v) is 8.68. The zero-order chi connectivity index (χ0) is 24.8. The van der Waals surface area contributed by atoms with E-state index >= 15 is 0 Å². The van der Waals surface area contributed by atoms with E-state index in [1.807, 2.05) is 0 Å². The number of furan rings is 1. The Balaban J connectivity index is 1.76. The summed E-state index contributed by atoms with van der Waals surface area (Å²) in [7, 11) is 0. The number of anilines is 2. The Labute approximate surface area is 203 Å². The van der Waals surface area contributed by atoms with Gasteiger partial charge in [0.05, 0.1) is 6.26 Å². The summed E-state index contributed by atoms with van der Waals surface area (Å²) >= 11 is 0. The highest BCUT2D eigenvalue weighted by molar-refractivity contribution is 6.08. The van der Waals surface area contributed by atoms with E-state index in [1.54, 1.807) is 30.3 Å². The van der Waals surface area contributed by atoms with Crippen molar-refractivity contribution in [2.75, 3.05) is 10.2 Å². The van der Waals surface area contributed by atoms with Crippen molar-refractivity contribution in [1.29, 1.82) is 0 Å². The van der Waals surface area contributed by atoms with Gasteiger partial charge in [0, 0.05) is 24.3 Å². The van der Waals surface area contributed by atoms with Crippen molar-refractivity contribution in [1.82, 2.24) is 5.32 Å². The largest absolute Gasteiger partial charge is 0.459 e. The first-order chi connectivity index (χ1) is 16.9. The van der Waals surface area contributed by atoms with Gasteiger partial charge in [-0.1, -0.05) is 31.4 Å². The molecule has 8 heteroatoms. The zero-order valence-electron chi connectivity index (χ0n) is 19.5. The summed E-state index contributed by atoms with van der Waals surface area (Å²) in [5, 5.41) is 5.80. The maximum Gasteiger partial charge on any atom is 0.294 e. The number of amides is 3. The van der Waals surface area contributed by atoms with Crippen LogP contribution in [0.2, 0.25) is 0 Å². The third kappa shape index (κ3) is 5.95. The first-order valence-corrected chi connectivity index (χ1v) is 11.7. The first-order valence-electron chi connectivity index (χ1n) is 11.7. The number of hydrogen-bond acceptors (Lipinski definition) is 4. The average Bonchev–Trinajstić information content (AvgIpc) is 3.39. The summed E-state index contributed by atoms with van der Waals surface area (Å²) in [5.74, 6) is -1.47. The van der Waals surface area contributed by atoms with Crippen LogP contribution in [0.1, 0.15) is 61.2 Å². The minimum Gasteiger partial charge on any atom is -0.459 e. The number of nitrogens with zero attached hydrogens (tertiary/aromatic N) is 1. The molecule has 0 radical (unpaired) electrons. The molecule has 3 aromatic rings. The fourth-order valence-electron chi connectivity index (χ4n) is 4.40. The predicted octanol–water partition coefficient (Wildman–Crippen LogP) is 5.21. The molecule has 1 fully saturated rings. The van der Waals surface area contributed by atoms with Crippen molar-refractivity contribution in [2.24, 2.45) is 0 Å². The van der Waals surface area contributed by atoms with Gasteiger partial charge in [-0.25, -0.2) is 4.39 Å². The van der Waals surface area contributed by atoms with Crippen LogP contribution in [0.25, 0.3) is 0 Å². The molecule has 0 saturated heterocycles. The number of nitrogens with one attached hydrogen (secondary N) is 2. The summed E-state index contributed by atoms with van der Waals surface area (Å²) in [6.07, 6.45) is 6.34. The molecule has 35 heavy (non-hydrogen) atoms. The van der Waals surface area contributed by atoms with Gasteiger partial charge < -0.3 is 15.1 Å². The molecule has 0 bridgehead atoms. The third-order valence-corrected chi connectivity index (χ3v) is 6.06. The van der Waals surface area contributed by atoms with Gasteiger partial charge in [-0.3, -0.25) is 19.3 Å². The number of carbonyl (C=O) groups excluding carboxylic acids is 3. The van der Waals surface area contributed by atoms with Crippen molar-refractivity contribution < 1.29 is 23.2 Å². The lowest BCUT2D eigenvalue weighted by molar-refractivity contribution is -0.123. The van der Waals surface area contributed by atoms with Crippen molar-refractivity contribution >= 4 is 29.1 Å². The number of halogens is 1. The average molecular weight is 478 g/mol. The van der Waals surface area contributed by atoms with Crippen LogP contribution in [-0.4, -0.2) is 23.8 Å². The fourth-order valence-corrected chi connectivity index (χ4v) is 4.40. The Bertz CT molecular complexity index is 1150. The minimum absolute atomic E-state index is 0.0157. The highest BCUT2D eigenvalue weighted by Crippen LogP contribution is 2.32. The monoisotopic (exact) mass is 477 g/mol. The lowest BCUT2D eigenvalue weighted by Gasteiger charge is -2.33. The van der Waals surface area contributed by atoms with Gasteiger partial charge >= 0.3 is 0 Å². The topological polar surface area (TPSA) is 91.7 Å². The number of hydrogen-bond donors (Lipinski definition) is 2. The molecule has 7 nitrogen and oxygen atoms in total. The Morgan fingerprint density at radius 2 is 1.66 bits per heavy atom. The van der Waals surface area contributed by atoms with E-state index in [9.17, 15) is 18.8 Å². The van der Waals surface area contributed by atoms with Crippen LogP contribution in [0.5, 0.6) is 0 Å². The van der Waals surface area contributed by atoms with E-state index in [1.165, 1.54) is 48.4 Å². The normalized spacial score (nSPS) is 14.7. The van der Waals surface area contributed by atoms with Crippen LogP contribution in [0.15, 0.2) is 71.3 Å². The van der Waals surface area contributed by atoms with Crippen molar-refractivity contribution in [3.8, 4) is 0 Å². The maximum absolute atomic E-state index is 13.7. The molecule has 1 aliphatic carbocycles. The van der Waals surface area contributed by atoms with E-state index in [0.29, 0.717) is 16.9 Å². The molecule has 1 atom stereocenters. The van der Waals surface area contributed by atoms with Crippen LogP contribution in [0, 0.1) is 5.82 Å². The Kier molecular flexibility index (Phi) is 7.60. The molecule has 2 aromatic carbocycles. The Hall–Kier alpha value is -3.94. The number of benzene rings is 2. The molecule has 1 saturated carbocycles. The van der Waals surface area contributed by atoms with Crippen molar-refractivity contribution in [3.05, 3.63) is 84.1 Å². The zero-order valence-corrected chi connectivity index (χ0v) is 19.5. The molecule has 4 rings (SSSR count). The van der Waals surface area contributed by atoms with E-state index in [4.69, 9.17) is 4.42 Å². The van der Waals surface area contributed by atoms with Gasteiger partial charge in [0.1, 0.15) is 11.9 Å². The van der Waals surface area contributed by atoms with Crippen LogP contribution >= 0.6 is 0 Å². The van der Waals surface area contributed by atoms with E-state index < -0.39 is 17.8 Å². The molecule has 182 valence electrons. The second kappa shape index (κ2) is 11.0. The quantitative estimate of drug-likeness (QED) is 0.488. The molecule has 0 unspecified atom stereocenters. The predicted molar refractivity (Wildman–Crippen MR) is 130 cm³/mol. The molecule has 0 spiro atoms. The lowest BCUT2D eigenvalue weighted by atomic mass is 9.94. The van der Waals surface area contributed by atoms with Gasteiger partial charge in [0.2, 0.25) is 11.8 Å². The molecule has 1 aromatic heterocycles. The van der Waals surface area contributed by atoms with Crippen LogP contribution in [-0.2, 0) is 9.59 Å². The fraction of sp³-hybridized carbons (Fsp3) is 0.296. The number of carbonyl (C=O) groups is 3. The highest BCUT2D eigenvalue weighted by Gasteiger charge is 2.35. The Morgan fingerprint density at radius 1 is 0.971 bits per heavy atom. The van der Waals surface area contributed by atoms with Gasteiger partial charge in [-0.15, -0.1) is 0 Å². The summed E-state index contributed by atoms with van der Waals surface area (Å²) < 4.78 is 19.1. The molecule has 1 heterocycles. The molecule has 2 N–H and O–H groups in total. The molecular formula is C27H28FN3O4. The highest BCUT2D eigenvalue weighted by atomic mass is 19.1. The van der Waals surface area contributed by atoms with E-state index in [2.05, 4.69) is 10.6 Å². The first kappa shape index (κ1) is 24.2. The molecular weight excluding hydrogens is 449 g/mol. The van der Waals surface area contributed by atoms with Crippen molar-refractivity contribution in [2.45, 2.75) is 51.1 Å². The second-order valence-electron chi connectivity index (χ2n) is 8.68. The van der Waals surface area contributed by atoms with Crippen molar-refractivity contribution in [3.63, 3.8) is 0 Å². The summed E-state index contributed by atoms with van der Waals surface area (Å²) in [4.78, 5) is 40.1. The lowest BCUT2D eigenvalue weighted by Crippen LogP contribution is -2.47. The smallest absolute Gasteiger partial charge is 0.294 e. The molecule has 3 amide bonds. The Morgan fingerprint density at radius 3 is 2.26 bits per heavy atom. The molecule has 1 aliphatic rings. The summed E-state index contributed by atoms with van der Waals surface area (Å²) in [6.45, 7) is 1.40. The third-order valence-electron chi connectivity index (χ3n) is 6.06.